The largest absolute Gasteiger partial charge is 0.369 e. The van der Waals surface area contributed by atoms with Crippen LogP contribution in [0.3, 0.4) is 0 Å². The van der Waals surface area contributed by atoms with E-state index >= 15 is 0 Å². The third-order valence-corrected chi connectivity index (χ3v) is 4.68. The number of nitriles is 1. The normalized spacial score (nSPS) is 17.5. The van der Waals surface area contributed by atoms with E-state index < -0.39 is 0 Å². The summed E-state index contributed by atoms with van der Waals surface area (Å²) in [5.74, 6) is 0.107. The van der Waals surface area contributed by atoms with Gasteiger partial charge in [0.15, 0.2) is 5.15 Å². The van der Waals surface area contributed by atoms with E-state index in [1.54, 1.807) is 0 Å². The lowest BCUT2D eigenvalue weighted by Gasteiger charge is -2.17. The first-order valence-electron chi connectivity index (χ1n) is 6.81. The minimum Gasteiger partial charge on any atom is -0.369 e. The number of nitrogens with zero attached hydrogens (tertiary/aromatic N) is 3. The van der Waals surface area contributed by atoms with Crippen LogP contribution < -0.4 is 5.32 Å². The van der Waals surface area contributed by atoms with Crippen LogP contribution >= 0.6 is 23.1 Å². The smallest absolute Gasteiger partial charge is 0.225 e. The van der Waals surface area contributed by atoms with Gasteiger partial charge in [-0.3, -0.25) is 4.79 Å². The van der Waals surface area contributed by atoms with Crippen molar-refractivity contribution in [3.8, 4) is 6.07 Å². The number of rotatable bonds is 4. The highest BCUT2D eigenvalue weighted by Gasteiger charge is 2.30. The van der Waals surface area contributed by atoms with Gasteiger partial charge in [-0.1, -0.05) is 41.9 Å². The lowest BCUT2D eigenvalue weighted by molar-refractivity contribution is -0.128. The van der Waals surface area contributed by atoms with E-state index in [1.807, 2.05) is 41.3 Å². The highest BCUT2D eigenvalue weighted by atomic mass is 35.5. The van der Waals surface area contributed by atoms with Crippen LogP contribution in [0, 0.1) is 11.3 Å². The van der Waals surface area contributed by atoms with Crippen molar-refractivity contribution in [3.63, 3.8) is 0 Å². The Bertz CT molecular complexity index is 725. The minimum absolute atomic E-state index is 0.0279. The molecule has 1 aromatic carbocycles. The van der Waals surface area contributed by atoms with Gasteiger partial charge in [0.25, 0.3) is 0 Å². The Hall–Kier alpha value is -2.10. The summed E-state index contributed by atoms with van der Waals surface area (Å²) in [5.41, 5.74) is 1.45. The molecule has 7 heteroatoms. The SMILES string of the molecule is N#Cc1c(Cl)nsc1N[C@H]1CC(=O)N(Cc2ccccc2)C1. The Morgan fingerprint density at radius 2 is 2.23 bits per heavy atom. The molecule has 22 heavy (non-hydrogen) atoms. The molecule has 0 radical (unpaired) electrons. The quantitative estimate of drug-likeness (QED) is 0.934. The number of anilines is 1. The van der Waals surface area contributed by atoms with E-state index in [-0.39, 0.29) is 17.1 Å². The maximum atomic E-state index is 12.1. The Morgan fingerprint density at radius 3 is 2.95 bits per heavy atom. The molecule has 112 valence electrons. The summed E-state index contributed by atoms with van der Waals surface area (Å²) in [5, 5.41) is 13.1. The standard InChI is InChI=1S/C15H13ClN4OS/c16-14-12(7-17)15(22-19-14)18-11-6-13(21)20(9-11)8-10-4-2-1-3-5-10/h1-5,11,18H,6,8-9H2/t11-/m0/s1. The summed E-state index contributed by atoms with van der Waals surface area (Å²) in [4.78, 5) is 13.9. The minimum atomic E-state index is -0.0279. The number of amides is 1. The molecule has 0 bridgehead atoms. The molecule has 2 heterocycles. The highest BCUT2D eigenvalue weighted by molar-refractivity contribution is 7.10. The topological polar surface area (TPSA) is 69.0 Å². The molecule has 0 aliphatic carbocycles. The van der Waals surface area contributed by atoms with Gasteiger partial charge < -0.3 is 10.2 Å². The molecule has 5 nitrogen and oxygen atoms in total. The van der Waals surface area contributed by atoms with Gasteiger partial charge in [0.1, 0.15) is 16.6 Å². The van der Waals surface area contributed by atoms with Crippen molar-refractivity contribution in [3.05, 3.63) is 46.6 Å². The fourth-order valence-corrected chi connectivity index (χ4v) is 3.49. The zero-order chi connectivity index (χ0) is 15.5. The predicted molar refractivity (Wildman–Crippen MR) is 85.7 cm³/mol. The molecule has 1 amide bonds. The van der Waals surface area contributed by atoms with Gasteiger partial charge in [0.05, 0.1) is 6.04 Å². The van der Waals surface area contributed by atoms with Gasteiger partial charge in [-0.2, -0.15) is 9.64 Å². The molecule has 0 unspecified atom stereocenters. The van der Waals surface area contributed by atoms with Gasteiger partial charge in [0, 0.05) is 19.5 Å². The lowest BCUT2D eigenvalue weighted by atomic mass is 10.2. The van der Waals surface area contributed by atoms with Crippen molar-refractivity contribution < 1.29 is 4.79 Å². The summed E-state index contributed by atoms with van der Waals surface area (Å²) in [6.45, 7) is 1.21. The molecule has 1 N–H and O–H groups in total. The highest BCUT2D eigenvalue weighted by Crippen LogP contribution is 2.29. The first-order chi connectivity index (χ1) is 10.7. The Labute approximate surface area is 137 Å². The van der Waals surface area contributed by atoms with Crippen molar-refractivity contribution in [1.82, 2.24) is 9.27 Å². The van der Waals surface area contributed by atoms with Crippen LogP contribution in [-0.4, -0.2) is 27.8 Å². The van der Waals surface area contributed by atoms with E-state index in [4.69, 9.17) is 16.9 Å². The van der Waals surface area contributed by atoms with E-state index in [0.717, 1.165) is 17.1 Å². The number of benzene rings is 1. The Morgan fingerprint density at radius 1 is 1.45 bits per heavy atom. The molecule has 1 aliphatic rings. The van der Waals surface area contributed by atoms with E-state index in [9.17, 15) is 4.79 Å². The fourth-order valence-electron chi connectivity index (χ4n) is 2.48. The zero-order valence-corrected chi connectivity index (χ0v) is 13.2. The van der Waals surface area contributed by atoms with Crippen LogP contribution in [-0.2, 0) is 11.3 Å². The predicted octanol–water partition coefficient (Wildman–Crippen LogP) is 2.88. The number of carbonyl (C=O) groups is 1. The molecule has 2 aromatic rings. The summed E-state index contributed by atoms with van der Waals surface area (Å²) < 4.78 is 3.96. The summed E-state index contributed by atoms with van der Waals surface area (Å²) >= 11 is 7.00. The average molecular weight is 333 g/mol. The summed E-state index contributed by atoms with van der Waals surface area (Å²) in [7, 11) is 0. The first kappa shape index (κ1) is 14.8. The van der Waals surface area contributed by atoms with Crippen LogP contribution in [0.5, 0.6) is 0 Å². The Kier molecular flexibility index (Phi) is 4.27. The molecule has 1 atom stereocenters. The number of carbonyl (C=O) groups excluding carboxylic acids is 1. The first-order valence-corrected chi connectivity index (χ1v) is 7.96. The van der Waals surface area contributed by atoms with Gasteiger partial charge in [-0.15, -0.1) is 0 Å². The summed E-state index contributed by atoms with van der Waals surface area (Å²) in [6, 6.07) is 11.9. The molecule has 1 aliphatic heterocycles. The average Bonchev–Trinajstić information content (AvgIpc) is 3.03. The van der Waals surface area contributed by atoms with Crippen LogP contribution in [0.4, 0.5) is 5.00 Å². The number of nitrogens with one attached hydrogen (secondary N) is 1. The van der Waals surface area contributed by atoms with Gasteiger partial charge in [-0.25, -0.2) is 0 Å². The number of aromatic nitrogens is 1. The number of halogens is 1. The van der Waals surface area contributed by atoms with Crippen molar-refractivity contribution in [2.75, 3.05) is 11.9 Å². The number of likely N-dealkylation sites (tertiary alicyclic amines) is 1. The third kappa shape index (κ3) is 3.06. The zero-order valence-electron chi connectivity index (χ0n) is 11.6. The third-order valence-electron chi connectivity index (χ3n) is 3.53. The van der Waals surface area contributed by atoms with E-state index in [1.165, 1.54) is 0 Å². The van der Waals surface area contributed by atoms with Gasteiger partial charge in [-0.05, 0) is 17.1 Å². The van der Waals surface area contributed by atoms with Crippen molar-refractivity contribution in [2.24, 2.45) is 0 Å². The molecule has 1 fully saturated rings. The second-order valence-corrected chi connectivity index (χ2v) is 6.23. The second-order valence-electron chi connectivity index (χ2n) is 5.09. The molecule has 0 saturated carbocycles. The van der Waals surface area contributed by atoms with Crippen molar-refractivity contribution in [1.29, 1.82) is 5.26 Å². The van der Waals surface area contributed by atoms with Crippen LogP contribution in [0.15, 0.2) is 30.3 Å². The maximum absolute atomic E-state index is 12.1. The van der Waals surface area contributed by atoms with Crippen molar-refractivity contribution >= 4 is 34.0 Å². The van der Waals surface area contributed by atoms with Gasteiger partial charge in [0.2, 0.25) is 5.91 Å². The van der Waals surface area contributed by atoms with Crippen LogP contribution in [0.25, 0.3) is 0 Å². The molecular formula is C15H13ClN4OS. The van der Waals surface area contributed by atoms with E-state index in [0.29, 0.717) is 30.1 Å². The monoisotopic (exact) mass is 332 g/mol. The van der Waals surface area contributed by atoms with Crippen LogP contribution in [0.2, 0.25) is 5.15 Å². The lowest BCUT2D eigenvalue weighted by Crippen LogP contribution is -2.27. The molecule has 3 rings (SSSR count). The molecule has 1 saturated heterocycles. The molecular weight excluding hydrogens is 320 g/mol. The van der Waals surface area contributed by atoms with E-state index in [2.05, 4.69) is 9.69 Å². The second kappa shape index (κ2) is 6.34. The molecule has 0 spiro atoms. The number of hydrogen-bond donors (Lipinski definition) is 1. The fraction of sp³-hybridized carbons (Fsp3) is 0.267. The van der Waals surface area contributed by atoms with Crippen molar-refractivity contribution in [2.45, 2.75) is 19.0 Å². The van der Waals surface area contributed by atoms with Gasteiger partial charge >= 0.3 is 0 Å². The number of hydrogen-bond acceptors (Lipinski definition) is 5. The maximum Gasteiger partial charge on any atom is 0.225 e. The Balaban J connectivity index is 1.66. The van der Waals surface area contributed by atoms with Crippen LogP contribution in [0.1, 0.15) is 17.5 Å². The molecule has 1 aromatic heterocycles. The summed E-state index contributed by atoms with van der Waals surface area (Å²) in [6.07, 6.45) is 0.410.